The first-order valence-corrected chi connectivity index (χ1v) is 10.3. The minimum atomic E-state index is -0.341. The summed E-state index contributed by atoms with van der Waals surface area (Å²) in [5.74, 6) is -0.341. The predicted molar refractivity (Wildman–Crippen MR) is 119 cm³/mol. The highest BCUT2D eigenvalue weighted by Crippen LogP contribution is 2.37. The number of anilines is 2. The smallest absolute Gasteiger partial charge is 0.258 e. The average Bonchev–Trinajstić information content (AvgIpc) is 3.18. The van der Waals surface area contributed by atoms with E-state index in [1.807, 2.05) is 56.3 Å². The van der Waals surface area contributed by atoms with E-state index in [1.165, 1.54) is 23.5 Å². The van der Waals surface area contributed by atoms with Gasteiger partial charge in [0, 0.05) is 35.6 Å². The maximum Gasteiger partial charge on any atom is 0.258 e. The number of benzene rings is 2. The van der Waals surface area contributed by atoms with Crippen LogP contribution in [0.2, 0.25) is 0 Å². The van der Waals surface area contributed by atoms with E-state index in [4.69, 9.17) is 0 Å². The lowest BCUT2D eigenvalue weighted by molar-refractivity contribution is 0.583. The zero-order valence-corrected chi connectivity index (χ0v) is 17.6. The van der Waals surface area contributed by atoms with Gasteiger partial charge >= 0.3 is 0 Å². The van der Waals surface area contributed by atoms with E-state index in [0.717, 1.165) is 11.1 Å². The minimum Gasteiger partial charge on any atom is -0.319 e. The van der Waals surface area contributed by atoms with Crippen LogP contribution in [0, 0.1) is 17.1 Å². The van der Waals surface area contributed by atoms with Gasteiger partial charge in [-0.05, 0) is 44.2 Å². The Morgan fingerprint density at radius 3 is 2.43 bits per heavy atom. The van der Waals surface area contributed by atoms with Crippen molar-refractivity contribution in [1.82, 2.24) is 9.55 Å². The van der Waals surface area contributed by atoms with E-state index in [-0.39, 0.29) is 17.4 Å². The summed E-state index contributed by atoms with van der Waals surface area (Å²) in [7, 11) is 1.87. The molecule has 0 aliphatic carbocycles. The van der Waals surface area contributed by atoms with Crippen molar-refractivity contribution in [3.63, 3.8) is 0 Å². The van der Waals surface area contributed by atoms with Gasteiger partial charge in [0.05, 0.1) is 5.69 Å². The first kappa shape index (κ1) is 19.8. The maximum absolute atomic E-state index is 13.3. The molecule has 0 saturated heterocycles. The fraction of sp³-hybridized carbons (Fsp3) is 0.174. The summed E-state index contributed by atoms with van der Waals surface area (Å²) in [5.41, 5.74) is 1.98. The molecule has 4 rings (SSSR count). The van der Waals surface area contributed by atoms with E-state index in [0.29, 0.717) is 26.7 Å². The summed E-state index contributed by atoms with van der Waals surface area (Å²) in [6, 6.07) is 15.6. The first-order valence-electron chi connectivity index (χ1n) is 9.45. The molecule has 150 valence electrons. The Balaban J connectivity index is 1.88. The Morgan fingerprint density at radius 2 is 1.80 bits per heavy atom. The standard InChI is InChI=1S/C23H19FN4OS/c1-14(2)28-13-19(17-6-4-5-7-18(17)22(28)29)27(3)23-26-21(20(12-25)30-23)15-8-10-16(24)11-9-15/h4-11,13-14H,1-3H3. The molecule has 0 fully saturated rings. The topological polar surface area (TPSA) is 61.9 Å². The summed E-state index contributed by atoms with van der Waals surface area (Å²) in [6.07, 6.45) is 1.83. The summed E-state index contributed by atoms with van der Waals surface area (Å²) < 4.78 is 15.0. The van der Waals surface area contributed by atoms with Crippen LogP contribution in [0.3, 0.4) is 0 Å². The number of fused-ring (bicyclic) bond motifs is 1. The van der Waals surface area contributed by atoms with Crippen LogP contribution < -0.4 is 10.5 Å². The van der Waals surface area contributed by atoms with Gasteiger partial charge in [0.2, 0.25) is 0 Å². The highest BCUT2D eigenvalue weighted by Gasteiger charge is 2.20. The second-order valence-corrected chi connectivity index (χ2v) is 8.20. The minimum absolute atomic E-state index is 0.00463. The van der Waals surface area contributed by atoms with E-state index in [2.05, 4.69) is 11.1 Å². The summed E-state index contributed by atoms with van der Waals surface area (Å²) in [6.45, 7) is 3.92. The van der Waals surface area contributed by atoms with Gasteiger partial charge in [0.15, 0.2) is 5.13 Å². The molecule has 0 amide bonds. The van der Waals surface area contributed by atoms with Crippen molar-refractivity contribution in [1.29, 1.82) is 5.26 Å². The molecule has 0 radical (unpaired) electrons. The number of hydrogen-bond donors (Lipinski definition) is 0. The summed E-state index contributed by atoms with van der Waals surface area (Å²) in [5, 5.41) is 11.7. The Bertz CT molecular complexity index is 1330. The van der Waals surface area contributed by atoms with Gasteiger partial charge in [0.1, 0.15) is 22.5 Å². The molecule has 0 unspecified atom stereocenters. The van der Waals surface area contributed by atoms with Crippen LogP contribution in [0.25, 0.3) is 22.0 Å². The van der Waals surface area contributed by atoms with E-state index < -0.39 is 0 Å². The van der Waals surface area contributed by atoms with E-state index in [9.17, 15) is 14.4 Å². The summed E-state index contributed by atoms with van der Waals surface area (Å²) in [4.78, 5) is 19.9. The third kappa shape index (κ3) is 3.36. The molecule has 0 N–H and O–H groups in total. The Kier molecular flexibility index (Phi) is 5.10. The van der Waals surface area contributed by atoms with Crippen molar-refractivity contribution in [2.75, 3.05) is 11.9 Å². The van der Waals surface area contributed by atoms with Crippen molar-refractivity contribution >= 4 is 32.9 Å². The van der Waals surface area contributed by atoms with Gasteiger partial charge < -0.3 is 9.47 Å². The van der Waals surface area contributed by atoms with Gasteiger partial charge in [-0.15, -0.1) is 0 Å². The third-order valence-corrected chi connectivity index (χ3v) is 6.01. The Labute approximate surface area is 177 Å². The van der Waals surface area contributed by atoms with Crippen LogP contribution in [0.15, 0.2) is 59.5 Å². The summed E-state index contributed by atoms with van der Waals surface area (Å²) >= 11 is 1.26. The fourth-order valence-electron chi connectivity index (χ4n) is 3.38. The Morgan fingerprint density at radius 1 is 1.13 bits per heavy atom. The SMILES string of the molecule is CC(C)n1cc(N(C)c2nc(-c3ccc(F)cc3)c(C#N)s2)c2ccccc2c1=O. The largest absolute Gasteiger partial charge is 0.319 e. The Hall–Kier alpha value is -3.50. The monoisotopic (exact) mass is 418 g/mol. The van der Waals surface area contributed by atoms with Gasteiger partial charge in [0.25, 0.3) is 5.56 Å². The normalized spacial score (nSPS) is 11.1. The molecule has 2 heterocycles. The maximum atomic E-state index is 13.3. The molecular weight excluding hydrogens is 399 g/mol. The number of pyridine rings is 1. The van der Waals surface area contributed by atoms with Crippen molar-refractivity contribution in [3.8, 4) is 17.3 Å². The number of thiazole rings is 1. The van der Waals surface area contributed by atoms with Crippen molar-refractivity contribution < 1.29 is 4.39 Å². The number of nitriles is 1. The molecule has 0 bridgehead atoms. The zero-order valence-electron chi connectivity index (χ0n) is 16.8. The number of halogens is 1. The molecule has 0 aliphatic heterocycles. The van der Waals surface area contributed by atoms with Crippen LogP contribution in [0.4, 0.5) is 15.2 Å². The van der Waals surface area contributed by atoms with Crippen LogP contribution in [-0.4, -0.2) is 16.6 Å². The highest BCUT2D eigenvalue weighted by atomic mass is 32.1. The van der Waals surface area contributed by atoms with Crippen LogP contribution in [0.1, 0.15) is 24.8 Å². The quantitative estimate of drug-likeness (QED) is 0.440. The second kappa shape index (κ2) is 7.73. The second-order valence-electron chi connectivity index (χ2n) is 7.22. The number of aromatic nitrogens is 2. The van der Waals surface area contributed by atoms with E-state index in [1.54, 1.807) is 16.7 Å². The van der Waals surface area contributed by atoms with E-state index >= 15 is 0 Å². The molecule has 2 aromatic carbocycles. The molecule has 2 aromatic heterocycles. The zero-order chi connectivity index (χ0) is 21.4. The lowest BCUT2D eigenvalue weighted by atomic mass is 10.1. The van der Waals surface area contributed by atoms with Crippen LogP contribution in [-0.2, 0) is 0 Å². The third-order valence-electron chi connectivity index (χ3n) is 4.97. The van der Waals surface area contributed by atoms with Crippen LogP contribution in [0.5, 0.6) is 0 Å². The number of nitrogens with zero attached hydrogens (tertiary/aromatic N) is 4. The molecule has 30 heavy (non-hydrogen) atoms. The van der Waals surface area contributed by atoms with Crippen LogP contribution >= 0.6 is 11.3 Å². The lowest BCUT2D eigenvalue weighted by Gasteiger charge is -2.21. The molecular formula is C23H19FN4OS. The molecule has 7 heteroatoms. The molecule has 0 atom stereocenters. The highest BCUT2D eigenvalue weighted by molar-refractivity contribution is 7.16. The first-order chi connectivity index (χ1) is 14.4. The van der Waals surface area contributed by atoms with Gasteiger partial charge in [-0.2, -0.15) is 5.26 Å². The molecule has 5 nitrogen and oxygen atoms in total. The van der Waals surface area contributed by atoms with Gasteiger partial charge in [-0.25, -0.2) is 9.37 Å². The molecule has 0 spiro atoms. The fourth-order valence-corrected chi connectivity index (χ4v) is 4.24. The molecule has 4 aromatic rings. The van der Waals surface area contributed by atoms with Crippen molar-refractivity contribution in [3.05, 3.63) is 75.8 Å². The number of rotatable bonds is 4. The van der Waals surface area contributed by atoms with Crippen molar-refractivity contribution in [2.24, 2.45) is 0 Å². The molecule has 0 aliphatic rings. The van der Waals surface area contributed by atoms with Gasteiger partial charge in [-0.1, -0.05) is 29.5 Å². The van der Waals surface area contributed by atoms with Crippen molar-refractivity contribution in [2.45, 2.75) is 19.9 Å². The number of hydrogen-bond acceptors (Lipinski definition) is 5. The predicted octanol–water partition coefficient (Wildman–Crippen LogP) is 5.48. The molecule has 0 saturated carbocycles. The average molecular weight is 418 g/mol. The lowest BCUT2D eigenvalue weighted by Crippen LogP contribution is -2.24. The van der Waals surface area contributed by atoms with Gasteiger partial charge in [-0.3, -0.25) is 4.79 Å².